The molecule has 3 aromatic rings. The summed E-state index contributed by atoms with van der Waals surface area (Å²) in [5.41, 5.74) is 4.96. The Morgan fingerprint density at radius 1 is 1.10 bits per heavy atom. The first kappa shape index (κ1) is 20.6. The van der Waals surface area contributed by atoms with Gasteiger partial charge >= 0.3 is 0 Å². The number of carbonyl (C=O) groups excluding carboxylic acids is 1. The zero-order valence-electron chi connectivity index (χ0n) is 17.5. The number of aromatic nitrogens is 2. The molecule has 0 aliphatic rings. The lowest BCUT2D eigenvalue weighted by molar-refractivity contribution is -0.127. The van der Waals surface area contributed by atoms with Gasteiger partial charge in [0.15, 0.2) is 0 Å². The molecule has 0 aliphatic carbocycles. The predicted octanol–water partition coefficient (Wildman–Crippen LogP) is 4.35. The van der Waals surface area contributed by atoms with E-state index in [9.17, 15) is 4.79 Å². The molecule has 1 unspecified atom stereocenters. The molecular formula is C23H27N3O3. The summed E-state index contributed by atoms with van der Waals surface area (Å²) in [7, 11) is 1.62. The van der Waals surface area contributed by atoms with E-state index in [0.29, 0.717) is 12.4 Å². The minimum atomic E-state index is -0.621. The molecule has 0 fully saturated rings. The van der Waals surface area contributed by atoms with Gasteiger partial charge in [0.2, 0.25) is 0 Å². The number of nitrogens with zero attached hydrogens (tertiary/aromatic N) is 2. The van der Waals surface area contributed by atoms with Crippen LogP contribution in [0.3, 0.4) is 0 Å². The molecule has 1 aromatic heterocycles. The van der Waals surface area contributed by atoms with Gasteiger partial charge in [0.25, 0.3) is 5.91 Å². The van der Waals surface area contributed by atoms with Crippen LogP contribution < -0.4 is 10.1 Å². The first-order chi connectivity index (χ1) is 13.9. The second kappa shape index (κ2) is 8.92. The van der Waals surface area contributed by atoms with Gasteiger partial charge < -0.3 is 14.8 Å². The molecule has 0 spiro atoms. The molecule has 6 heteroatoms. The molecule has 29 heavy (non-hydrogen) atoms. The van der Waals surface area contributed by atoms with Gasteiger partial charge in [-0.25, -0.2) is 4.68 Å². The van der Waals surface area contributed by atoms with Gasteiger partial charge in [0.1, 0.15) is 17.7 Å². The largest absolute Gasteiger partial charge is 0.497 e. The second-order valence-electron chi connectivity index (χ2n) is 7.22. The molecule has 0 saturated carbocycles. The normalized spacial score (nSPS) is 11.9. The fourth-order valence-electron chi connectivity index (χ4n) is 3.15. The number of carbonyl (C=O) groups is 1. The number of aryl methyl sites for hydroxylation is 3. The third-order valence-electron chi connectivity index (χ3n) is 4.54. The smallest absolute Gasteiger partial charge is 0.254 e. The maximum Gasteiger partial charge on any atom is 0.254 e. The zero-order valence-corrected chi connectivity index (χ0v) is 17.5. The molecule has 2 aromatic carbocycles. The fourth-order valence-corrected chi connectivity index (χ4v) is 3.15. The third kappa shape index (κ3) is 5.23. The Morgan fingerprint density at radius 2 is 1.83 bits per heavy atom. The molecule has 1 atom stereocenters. The number of hydrogen-bond donors (Lipinski definition) is 1. The van der Waals surface area contributed by atoms with E-state index in [0.717, 1.165) is 33.8 Å². The number of nitrogens with one attached hydrogen (secondary N) is 1. The summed E-state index contributed by atoms with van der Waals surface area (Å²) in [5, 5.41) is 7.47. The van der Waals surface area contributed by atoms with Crippen molar-refractivity contribution in [1.29, 1.82) is 0 Å². The van der Waals surface area contributed by atoms with Gasteiger partial charge in [-0.05, 0) is 68.7 Å². The average molecular weight is 393 g/mol. The number of ether oxygens (including phenoxy) is 2. The lowest BCUT2D eigenvalue weighted by Gasteiger charge is -2.15. The number of benzene rings is 2. The van der Waals surface area contributed by atoms with Gasteiger partial charge in [-0.1, -0.05) is 18.2 Å². The number of methoxy groups -OCH3 is 1. The molecule has 1 N–H and O–H groups in total. The zero-order chi connectivity index (χ0) is 21.0. The number of anilines is 1. The van der Waals surface area contributed by atoms with Crippen LogP contribution in [0.25, 0.3) is 5.69 Å². The van der Waals surface area contributed by atoms with E-state index in [1.807, 2.05) is 63.2 Å². The van der Waals surface area contributed by atoms with Gasteiger partial charge in [0, 0.05) is 6.07 Å². The van der Waals surface area contributed by atoms with Crippen molar-refractivity contribution in [2.75, 3.05) is 12.4 Å². The van der Waals surface area contributed by atoms with E-state index < -0.39 is 6.10 Å². The molecule has 0 radical (unpaired) electrons. The molecule has 0 aliphatic heterocycles. The summed E-state index contributed by atoms with van der Waals surface area (Å²) >= 11 is 0. The highest BCUT2D eigenvalue weighted by molar-refractivity contribution is 5.93. The lowest BCUT2D eigenvalue weighted by atomic mass is 10.1. The van der Waals surface area contributed by atoms with Crippen molar-refractivity contribution >= 4 is 11.7 Å². The topological polar surface area (TPSA) is 65.4 Å². The standard InChI is InChI=1S/C23H27N3O3/c1-15-9-16(2)11-20(10-15)26-22(12-17(3)25-26)24-23(27)18(4)29-14-19-7-6-8-21(13-19)28-5/h6-13,18H,14H2,1-5H3,(H,24,27). The SMILES string of the molecule is COc1cccc(COC(C)C(=O)Nc2cc(C)nn2-c2cc(C)cc(C)c2)c1. The van der Waals surface area contributed by atoms with Gasteiger partial charge in [0.05, 0.1) is 25.1 Å². The third-order valence-corrected chi connectivity index (χ3v) is 4.54. The molecular weight excluding hydrogens is 366 g/mol. The Labute approximate surface area is 171 Å². The maximum atomic E-state index is 12.7. The van der Waals surface area contributed by atoms with Crippen molar-refractivity contribution in [2.45, 2.75) is 40.4 Å². The Kier molecular flexibility index (Phi) is 6.34. The number of hydrogen-bond acceptors (Lipinski definition) is 4. The minimum absolute atomic E-state index is 0.224. The first-order valence-electron chi connectivity index (χ1n) is 9.56. The van der Waals surface area contributed by atoms with Crippen LogP contribution in [0, 0.1) is 20.8 Å². The highest BCUT2D eigenvalue weighted by Gasteiger charge is 2.17. The summed E-state index contributed by atoms with van der Waals surface area (Å²) in [6.07, 6.45) is -0.621. The molecule has 0 saturated heterocycles. The van der Waals surface area contributed by atoms with E-state index in [1.54, 1.807) is 18.7 Å². The van der Waals surface area contributed by atoms with Crippen molar-refractivity contribution in [2.24, 2.45) is 0 Å². The van der Waals surface area contributed by atoms with E-state index >= 15 is 0 Å². The van der Waals surface area contributed by atoms with Crippen LogP contribution in [-0.4, -0.2) is 28.9 Å². The van der Waals surface area contributed by atoms with E-state index in [4.69, 9.17) is 9.47 Å². The van der Waals surface area contributed by atoms with Crippen LogP contribution in [0.2, 0.25) is 0 Å². The summed E-state index contributed by atoms with van der Waals surface area (Å²) in [5.74, 6) is 1.16. The molecule has 6 nitrogen and oxygen atoms in total. The van der Waals surface area contributed by atoms with Crippen molar-refractivity contribution in [1.82, 2.24) is 9.78 Å². The van der Waals surface area contributed by atoms with E-state index in [1.165, 1.54) is 0 Å². The van der Waals surface area contributed by atoms with Gasteiger partial charge in [-0.15, -0.1) is 0 Å². The van der Waals surface area contributed by atoms with Gasteiger partial charge in [-0.3, -0.25) is 4.79 Å². The van der Waals surface area contributed by atoms with Crippen LogP contribution in [-0.2, 0) is 16.1 Å². The van der Waals surface area contributed by atoms with Crippen LogP contribution in [0.5, 0.6) is 5.75 Å². The molecule has 3 rings (SSSR count). The average Bonchev–Trinajstić information content (AvgIpc) is 3.05. The van der Waals surface area contributed by atoms with E-state index in [2.05, 4.69) is 16.5 Å². The first-order valence-corrected chi connectivity index (χ1v) is 9.56. The lowest BCUT2D eigenvalue weighted by Crippen LogP contribution is -2.28. The minimum Gasteiger partial charge on any atom is -0.497 e. The number of rotatable bonds is 7. The molecule has 1 heterocycles. The Balaban J connectivity index is 1.70. The summed E-state index contributed by atoms with van der Waals surface area (Å²) in [6.45, 7) is 8.04. The number of amides is 1. The second-order valence-corrected chi connectivity index (χ2v) is 7.22. The van der Waals surface area contributed by atoms with Gasteiger partial charge in [-0.2, -0.15) is 5.10 Å². The summed E-state index contributed by atoms with van der Waals surface area (Å²) in [6, 6.07) is 15.6. The Morgan fingerprint density at radius 3 is 2.52 bits per heavy atom. The van der Waals surface area contributed by atoms with Crippen molar-refractivity contribution < 1.29 is 14.3 Å². The molecule has 1 amide bonds. The fraction of sp³-hybridized carbons (Fsp3) is 0.304. The summed E-state index contributed by atoms with van der Waals surface area (Å²) < 4.78 is 12.7. The highest BCUT2D eigenvalue weighted by atomic mass is 16.5. The van der Waals surface area contributed by atoms with Crippen LogP contribution in [0.15, 0.2) is 48.5 Å². The van der Waals surface area contributed by atoms with Crippen molar-refractivity contribution in [3.05, 3.63) is 70.9 Å². The van der Waals surface area contributed by atoms with Crippen LogP contribution in [0.1, 0.15) is 29.3 Å². The van der Waals surface area contributed by atoms with Crippen molar-refractivity contribution in [3.63, 3.8) is 0 Å². The maximum absolute atomic E-state index is 12.7. The Bertz CT molecular complexity index is 990. The van der Waals surface area contributed by atoms with Crippen molar-refractivity contribution in [3.8, 4) is 11.4 Å². The summed E-state index contributed by atoms with van der Waals surface area (Å²) in [4.78, 5) is 12.7. The predicted molar refractivity (Wildman–Crippen MR) is 114 cm³/mol. The molecule has 152 valence electrons. The van der Waals surface area contributed by atoms with Crippen LogP contribution in [0.4, 0.5) is 5.82 Å². The monoisotopic (exact) mass is 393 g/mol. The van der Waals surface area contributed by atoms with Crippen LogP contribution >= 0.6 is 0 Å². The quantitative estimate of drug-likeness (QED) is 0.648. The highest BCUT2D eigenvalue weighted by Crippen LogP contribution is 2.20. The Hall–Kier alpha value is -3.12. The molecule has 0 bridgehead atoms. The van der Waals surface area contributed by atoms with E-state index in [-0.39, 0.29) is 5.91 Å².